The van der Waals surface area contributed by atoms with Crippen molar-refractivity contribution in [1.29, 1.82) is 0 Å². The minimum absolute atomic E-state index is 0.0484. The summed E-state index contributed by atoms with van der Waals surface area (Å²) in [6.07, 6.45) is 1.70. The molecule has 2 fully saturated rings. The highest BCUT2D eigenvalue weighted by atomic mass is 16.5. The van der Waals surface area contributed by atoms with Gasteiger partial charge in [0.1, 0.15) is 12.1 Å². The molecule has 2 atom stereocenters. The van der Waals surface area contributed by atoms with Gasteiger partial charge in [0.25, 0.3) is 0 Å². The first kappa shape index (κ1) is 16.4. The fourth-order valence-electron chi connectivity index (χ4n) is 3.94. The zero-order chi connectivity index (χ0) is 17.6. The molecule has 2 saturated heterocycles. The maximum Gasteiger partial charge on any atom is 0.223 e. The fraction of sp³-hybridized carbons (Fsp3) is 0.667. The van der Waals surface area contributed by atoms with Gasteiger partial charge in [-0.25, -0.2) is 9.97 Å². The smallest absolute Gasteiger partial charge is 0.223 e. The van der Waals surface area contributed by atoms with Gasteiger partial charge in [-0.15, -0.1) is 0 Å². The van der Waals surface area contributed by atoms with Crippen LogP contribution >= 0.6 is 0 Å². The van der Waals surface area contributed by atoms with Crippen molar-refractivity contribution in [3.05, 3.63) is 29.8 Å². The van der Waals surface area contributed by atoms with Crippen molar-refractivity contribution >= 4 is 5.82 Å². The third-order valence-corrected chi connectivity index (χ3v) is 5.24. The van der Waals surface area contributed by atoms with Crippen molar-refractivity contribution in [3.8, 4) is 0 Å². The molecule has 0 radical (unpaired) electrons. The Morgan fingerprint density at radius 1 is 1.12 bits per heavy atom. The molecule has 0 spiro atoms. The maximum absolute atomic E-state index is 5.07. The molecule has 2 aromatic rings. The number of likely N-dealkylation sites (tertiary alicyclic amines) is 1. The molecule has 7 heteroatoms. The standard InChI is InChI=1S/C18H26N6O/c1-12-21-16(22-25-12)10-23-6-13-8-24(9-14(13)7-23)17-5-15(18(2,3)4)19-11-20-17/h5,11,13-14H,6-10H2,1-4H3. The van der Waals surface area contributed by atoms with Crippen LogP contribution < -0.4 is 4.90 Å². The van der Waals surface area contributed by atoms with E-state index in [1.165, 1.54) is 0 Å². The molecular weight excluding hydrogens is 316 g/mol. The quantitative estimate of drug-likeness (QED) is 0.845. The van der Waals surface area contributed by atoms with Gasteiger partial charge in [-0.1, -0.05) is 25.9 Å². The monoisotopic (exact) mass is 342 g/mol. The number of aromatic nitrogens is 4. The second kappa shape index (κ2) is 6.05. The predicted molar refractivity (Wildman–Crippen MR) is 94.2 cm³/mol. The van der Waals surface area contributed by atoms with Crippen LogP contribution in [0, 0.1) is 18.8 Å². The van der Waals surface area contributed by atoms with Crippen molar-refractivity contribution in [2.75, 3.05) is 31.1 Å². The Balaban J connectivity index is 1.39. The molecule has 25 heavy (non-hydrogen) atoms. The molecule has 0 aromatic carbocycles. The first-order valence-electron chi connectivity index (χ1n) is 8.97. The van der Waals surface area contributed by atoms with Gasteiger partial charge >= 0.3 is 0 Å². The second-order valence-electron chi connectivity index (χ2n) is 8.36. The van der Waals surface area contributed by atoms with Gasteiger partial charge in [0.05, 0.1) is 12.2 Å². The molecule has 2 aromatic heterocycles. The lowest BCUT2D eigenvalue weighted by Gasteiger charge is -2.23. The van der Waals surface area contributed by atoms with Gasteiger partial charge < -0.3 is 9.42 Å². The van der Waals surface area contributed by atoms with E-state index in [0.29, 0.717) is 17.7 Å². The summed E-state index contributed by atoms with van der Waals surface area (Å²) < 4.78 is 5.07. The lowest BCUT2D eigenvalue weighted by Crippen LogP contribution is -2.29. The van der Waals surface area contributed by atoms with Crippen LogP contribution in [-0.4, -0.2) is 51.2 Å². The van der Waals surface area contributed by atoms with Gasteiger partial charge in [0.15, 0.2) is 5.82 Å². The van der Waals surface area contributed by atoms with E-state index in [0.717, 1.165) is 50.1 Å². The molecule has 2 aliphatic heterocycles. The van der Waals surface area contributed by atoms with Crippen LogP contribution in [0.15, 0.2) is 16.9 Å². The summed E-state index contributed by atoms with van der Waals surface area (Å²) >= 11 is 0. The number of rotatable bonds is 3. The summed E-state index contributed by atoms with van der Waals surface area (Å²) in [4.78, 5) is 18.1. The van der Waals surface area contributed by atoms with Crippen LogP contribution in [0.3, 0.4) is 0 Å². The van der Waals surface area contributed by atoms with Crippen LogP contribution in [0.25, 0.3) is 0 Å². The van der Waals surface area contributed by atoms with Crippen molar-refractivity contribution in [2.45, 2.75) is 39.7 Å². The molecule has 0 bridgehead atoms. The van der Waals surface area contributed by atoms with Gasteiger partial charge in [-0.2, -0.15) is 4.98 Å². The lowest BCUT2D eigenvalue weighted by atomic mass is 9.92. The molecule has 2 unspecified atom stereocenters. The molecule has 0 aliphatic carbocycles. The summed E-state index contributed by atoms with van der Waals surface area (Å²) in [7, 11) is 0. The maximum atomic E-state index is 5.07. The molecule has 7 nitrogen and oxygen atoms in total. The van der Waals surface area contributed by atoms with E-state index in [1.807, 2.05) is 6.92 Å². The Morgan fingerprint density at radius 2 is 1.84 bits per heavy atom. The van der Waals surface area contributed by atoms with Crippen LogP contribution in [0.4, 0.5) is 5.82 Å². The number of hydrogen-bond donors (Lipinski definition) is 0. The lowest BCUT2D eigenvalue weighted by molar-refractivity contribution is 0.292. The molecule has 4 rings (SSSR count). The van der Waals surface area contributed by atoms with E-state index in [9.17, 15) is 0 Å². The molecule has 0 N–H and O–H groups in total. The zero-order valence-electron chi connectivity index (χ0n) is 15.4. The third kappa shape index (κ3) is 3.38. The second-order valence-corrected chi connectivity index (χ2v) is 8.36. The first-order chi connectivity index (χ1) is 11.9. The van der Waals surface area contributed by atoms with Crippen LogP contribution in [0.5, 0.6) is 0 Å². The summed E-state index contributed by atoms with van der Waals surface area (Å²) in [5.41, 5.74) is 1.15. The summed E-state index contributed by atoms with van der Waals surface area (Å²) in [5.74, 6) is 3.86. The SMILES string of the molecule is Cc1nc(CN2CC3CN(c4cc(C(C)(C)C)ncn4)CC3C2)no1. The number of fused-ring (bicyclic) bond motifs is 1. The van der Waals surface area contributed by atoms with E-state index in [2.05, 4.69) is 56.7 Å². The molecule has 134 valence electrons. The number of nitrogens with zero attached hydrogens (tertiary/aromatic N) is 6. The average Bonchev–Trinajstić information content (AvgIpc) is 3.22. The van der Waals surface area contributed by atoms with Crippen molar-refractivity contribution in [3.63, 3.8) is 0 Å². The Hall–Kier alpha value is -2.02. The Kier molecular flexibility index (Phi) is 3.98. The van der Waals surface area contributed by atoms with Crippen molar-refractivity contribution in [1.82, 2.24) is 25.0 Å². The molecule has 0 saturated carbocycles. The third-order valence-electron chi connectivity index (χ3n) is 5.24. The highest BCUT2D eigenvalue weighted by Crippen LogP contribution is 2.34. The zero-order valence-corrected chi connectivity index (χ0v) is 15.4. The number of anilines is 1. The summed E-state index contributed by atoms with van der Waals surface area (Å²) in [6, 6.07) is 2.15. The van der Waals surface area contributed by atoms with Crippen molar-refractivity contribution < 1.29 is 4.52 Å². The van der Waals surface area contributed by atoms with Gasteiger partial charge in [0.2, 0.25) is 5.89 Å². The highest BCUT2D eigenvalue weighted by molar-refractivity contribution is 5.42. The Bertz CT molecular complexity index is 738. The average molecular weight is 342 g/mol. The van der Waals surface area contributed by atoms with E-state index in [4.69, 9.17) is 4.52 Å². The summed E-state index contributed by atoms with van der Waals surface area (Å²) in [6.45, 7) is 13.5. The van der Waals surface area contributed by atoms with E-state index in [1.54, 1.807) is 6.33 Å². The number of hydrogen-bond acceptors (Lipinski definition) is 7. The Morgan fingerprint density at radius 3 is 2.44 bits per heavy atom. The van der Waals surface area contributed by atoms with Gasteiger partial charge in [-0.3, -0.25) is 4.90 Å². The minimum atomic E-state index is 0.0484. The topological polar surface area (TPSA) is 71.2 Å². The van der Waals surface area contributed by atoms with Crippen LogP contribution in [0.2, 0.25) is 0 Å². The van der Waals surface area contributed by atoms with Crippen molar-refractivity contribution in [2.24, 2.45) is 11.8 Å². The molecule has 0 amide bonds. The van der Waals surface area contributed by atoms with E-state index >= 15 is 0 Å². The van der Waals surface area contributed by atoms with E-state index < -0.39 is 0 Å². The molecule has 4 heterocycles. The first-order valence-corrected chi connectivity index (χ1v) is 8.97. The van der Waals surface area contributed by atoms with Crippen LogP contribution in [0.1, 0.15) is 38.2 Å². The highest BCUT2D eigenvalue weighted by Gasteiger charge is 2.40. The van der Waals surface area contributed by atoms with Gasteiger partial charge in [-0.05, 0) is 11.8 Å². The normalized spacial score (nSPS) is 24.1. The minimum Gasteiger partial charge on any atom is -0.356 e. The number of aryl methyl sites for hydroxylation is 1. The molecular formula is C18H26N6O. The van der Waals surface area contributed by atoms with Gasteiger partial charge in [0, 0.05) is 44.6 Å². The summed E-state index contributed by atoms with van der Waals surface area (Å²) in [5, 5.41) is 4.01. The largest absolute Gasteiger partial charge is 0.356 e. The molecule has 2 aliphatic rings. The fourth-order valence-corrected chi connectivity index (χ4v) is 3.94. The van der Waals surface area contributed by atoms with Crippen LogP contribution in [-0.2, 0) is 12.0 Å². The van der Waals surface area contributed by atoms with E-state index in [-0.39, 0.29) is 5.41 Å². The predicted octanol–water partition coefficient (Wildman–Crippen LogP) is 2.03. The Labute approximate surface area is 148 Å².